The van der Waals surface area contributed by atoms with E-state index in [2.05, 4.69) is 266 Å². The maximum absolute atomic E-state index is 2.42. The van der Waals surface area contributed by atoms with E-state index in [0.29, 0.717) is 0 Å². The average Bonchev–Trinajstić information content (AvgIpc) is 3.66. The summed E-state index contributed by atoms with van der Waals surface area (Å²) in [4.78, 5) is 2.42. The molecule has 10 aromatic carbocycles. The Labute approximate surface area is 364 Å². The maximum atomic E-state index is 2.42. The number of fused-ring (bicyclic) bond motifs is 3. The molecule has 1 aliphatic rings. The van der Waals surface area contributed by atoms with E-state index in [0.717, 1.165) is 22.6 Å². The minimum absolute atomic E-state index is 0.508. The number of hydrogen-bond acceptors (Lipinski definition) is 1. The van der Waals surface area contributed by atoms with Gasteiger partial charge < -0.3 is 4.90 Å². The monoisotopic (exact) mass is 789 g/mol. The third kappa shape index (κ3) is 6.52. The van der Waals surface area contributed by atoms with E-state index in [1.54, 1.807) is 0 Å². The second-order valence-corrected chi connectivity index (χ2v) is 16.1. The van der Waals surface area contributed by atoms with Crippen LogP contribution in [-0.4, -0.2) is 0 Å². The van der Waals surface area contributed by atoms with Crippen LogP contribution in [0.4, 0.5) is 17.1 Å². The van der Waals surface area contributed by atoms with Gasteiger partial charge in [-0.05, 0) is 120 Å². The zero-order chi connectivity index (χ0) is 41.3. The van der Waals surface area contributed by atoms with Crippen molar-refractivity contribution in [2.24, 2.45) is 0 Å². The van der Waals surface area contributed by atoms with Crippen LogP contribution in [-0.2, 0) is 5.41 Å². The second-order valence-electron chi connectivity index (χ2n) is 16.1. The number of nitrogens with zero attached hydrogens (tertiary/aromatic N) is 1. The van der Waals surface area contributed by atoms with Crippen LogP contribution in [0.2, 0.25) is 0 Å². The highest BCUT2D eigenvalue weighted by Crippen LogP contribution is 2.56. The molecule has 0 saturated carbocycles. The number of benzene rings is 10. The summed E-state index contributed by atoms with van der Waals surface area (Å²) in [5.74, 6) is 0. The van der Waals surface area contributed by atoms with Crippen molar-refractivity contribution in [1.29, 1.82) is 0 Å². The Bertz CT molecular complexity index is 3100. The molecule has 0 saturated heterocycles. The number of rotatable bonds is 9. The summed E-state index contributed by atoms with van der Waals surface area (Å²) in [7, 11) is 0. The molecule has 0 spiro atoms. The summed E-state index contributed by atoms with van der Waals surface area (Å²) < 4.78 is 0. The van der Waals surface area contributed by atoms with Crippen molar-refractivity contribution in [3.05, 3.63) is 283 Å². The largest absolute Gasteiger partial charge is 0.310 e. The minimum atomic E-state index is -0.508. The fourth-order valence-electron chi connectivity index (χ4n) is 9.66. The molecule has 0 heterocycles. The molecule has 0 fully saturated rings. The molecule has 10 aromatic rings. The lowest BCUT2D eigenvalue weighted by molar-refractivity contribution is 0.768. The van der Waals surface area contributed by atoms with Gasteiger partial charge in [0.25, 0.3) is 0 Å². The van der Waals surface area contributed by atoms with Gasteiger partial charge in [0.05, 0.1) is 5.41 Å². The van der Waals surface area contributed by atoms with Crippen molar-refractivity contribution >= 4 is 17.1 Å². The van der Waals surface area contributed by atoms with Crippen molar-refractivity contribution < 1.29 is 0 Å². The highest BCUT2D eigenvalue weighted by atomic mass is 15.1. The quantitative estimate of drug-likeness (QED) is 0.141. The smallest absolute Gasteiger partial charge is 0.0714 e. The molecule has 0 atom stereocenters. The predicted octanol–water partition coefficient (Wildman–Crippen LogP) is 16.2. The molecule has 62 heavy (non-hydrogen) atoms. The topological polar surface area (TPSA) is 3.24 Å². The van der Waals surface area contributed by atoms with Crippen LogP contribution >= 0.6 is 0 Å². The van der Waals surface area contributed by atoms with Crippen LogP contribution in [0, 0.1) is 0 Å². The van der Waals surface area contributed by atoms with Crippen LogP contribution in [0.25, 0.3) is 55.6 Å². The molecular formula is C61H43N. The lowest BCUT2D eigenvalue weighted by Gasteiger charge is -2.35. The van der Waals surface area contributed by atoms with Crippen LogP contribution in [0.1, 0.15) is 22.3 Å². The van der Waals surface area contributed by atoms with Gasteiger partial charge in [-0.3, -0.25) is 0 Å². The fraction of sp³-hybridized carbons (Fsp3) is 0.0164. The Balaban J connectivity index is 1.06. The molecule has 0 radical (unpaired) electrons. The zero-order valence-corrected chi connectivity index (χ0v) is 34.3. The number of hydrogen-bond donors (Lipinski definition) is 0. The van der Waals surface area contributed by atoms with E-state index in [1.165, 1.54) is 72.3 Å². The number of anilines is 3. The fourth-order valence-corrected chi connectivity index (χ4v) is 9.66. The van der Waals surface area contributed by atoms with Crippen LogP contribution in [0.5, 0.6) is 0 Å². The SMILES string of the molecule is c1ccc(-c2ccc(-c3ccc(N(c4cccc(-c5cccc(-c6ccccc6)c5)c4)c4cccc(C5(c6ccccc6)c6ccccc6-c6ccccc65)c4)cc3)cc2)cc1. The van der Waals surface area contributed by atoms with Crippen LogP contribution < -0.4 is 4.90 Å². The molecule has 0 aromatic heterocycles. The lowest BCUT2D eigenvalue weighted by Crippen LogP contribution is -2.28. The lowest BCUT2D eigenvalue weighted by atomic mass is 9.67. The van der Waals surface area contributed by atoms with E-state index >= 15 is 0 Å². The summed E-state index contributed by atoms with van der Waals surface area (Å²) in [6.45, 7) is 0. The van der Waals surface area contributed by atoms with Crippen molar-refractivity contribution in [2.45, 2.75) is 5.41 Å². The first-order chi connectivity index (χ1) is 30.7. The standard InChI is InChI=1S/C61H43N/c1-4-17-44(18-5-1)46-33-35-47(36-34-46)48-37-39-54(40-38-48)62(55-27-15-23-51(42-55)50-22-14-21-49(41-50)45-19-6-2-7-20-45)56-28-16-26-53(43-56)61(52-24-8-3-9-25-52)59-31-12-10-29-57(59)58-30-11-13-32-60(58)61/h1-43H. The molecular weight excluding hydrogens is 747 g/mol. The molecule has 1 aliphatic carbocycles. The van der Waals surface area contributed by atoms with Gasteiger partial charge in [0.2, 0.25) is 0 Å². The molecule has 1 nitrogen and oxygen atoms in total. The van der Waals surface area contributed by atoms with Gasteiger partial charge in [0, 0.05) is 17.1 Å². The molecule has 0 amide bonds. The summed E-state index contributed by atoms with van der Waals surface area (Å²) >= 11 is 0. The zero-order valence-electron chi connectivity index (χ0n) is 34.3. The Morgan fingerprint density at radius 3 is 1.18 bits per heavy atom. The third-order valence-corrected chi connectivity index (χ3v) is 12.6. The summed E-state index contributed by atoms with van der Waals surface area (Å²) in [5, 5.41) is 0. The molecule has 292 valence electrons. The first-order valence-electron chi connectivity index (χ1n) is 21.4. The Morgan fingerprint density at radius 1 is 0.226 bits per heavy atom. The second kappa shape index (κ2) is 15.9. The maximum Gasteiger partial charge on any atom is 0.0714 e. The van der Waals surface area contributed by atoms with Crippen molar-refractivity contribution in [3.8, 4) is 55.6 Å². The Hall–Kier alpha value is -8.00. The van der Waals surface area contributed by atoms with E-state index in [1.807, 2.05) is 0 Å². The van der Waals surface area contributed by atoms with Gasteiger partial charge in [-0.2, -0.15) is 0 Å². The highest BCUT2D eigenvalue weighted by Gasteiger charge is 2.46. The minimum Gasteiger partial charge on any atom is -0.310 e. The summed E-state index contributed by atoms with van der Waals surface area (Å²) in [6.07, 6.45) is 0. The van der Waals surface area contributed by atoms with E-state index in [9.17, 15) is 0 Å². The first kappa shape index (κ1) is 37.0. The van der Waals surface area contributed by atoms with Crippen molar-refractivity contribution in [3.63, 3.8) is 0 Å². The predicted molar refractivity (Wildman–Crippen MR) is 260 cm³/mol. The van der Waals surface area contributed by atoms with E-state index in [-0.39, 0.29) is 0 Å². The highest BCUT2D eigenvalue weighted by molar-refractivity contribution is 5.88. The summed E-state index contributed by atoms with van der Waals surface area (Å²) in [6, 6.07) is 95.2. The molecule has 0 N–H and O–H groups in total. The Morgan fingerprint density at radius 2 is 0.597 bits per heavy atom. The van der Waals surface area contributed by atoms with Gasteiger partial charge in [-0.1, -0.05) is 218 Å². The van der Waals surface area contributed by atoms with Gasteiger partial charge in [0.1, 0.15) is 0 Å². The van der Waals surface area contributed by atoms with Crippen LogP contribution in [0.3, 0.4) is 0 Å². The molecule has 0 aliphatic heterocycles. The molecule has 0 unspecified atom stereocenters. The summed E-state index contributed by atoms with van der Waals surface area (Å²) in [5.41, 5.74) is 20.0. The van der Waals surface area contributed by atoms with Gasteiger partial charge >= 0.3 is 0 Å². The van der Waals surface area contributed by atoms with Crippen molar-refractivity contribution in [2.75, 3.05) is 4.90 Å². The van der Waals surface area contributed by atoms with Gasteiger partial charge in [-0.15, -0.1) is 0 Å². The molecule has 1 heteroatoms. The first-order valence-corrected chi connectivity index (χ1v) is 21.4. The molecule has 0 bridgehead atoms. The molecule has 11 rings (SSSR count). The van der Waals surface area contributed by atoms with E-state index < -0.39 is 5.41 Å². The third-order valence-electron chi connectivity index (χ3n) is 12.6. The Kier molecular flexibility index (Phi) is 9.48. The van der Waals surface area contributed by atoms with Gasteiger partial charge in [-0.25, -0.2) is 0 Å². The van der Waals surface area contributed by atoms with Gasteiger partial charge in [0.15, 0.2) is 0 Å². The average molecular weight is 790 g/mol. The van der Waals surface area contributed by atoms with Crippen molar-refractivity contribution in [1.82, 2.24) is 0 Å². The van der Waals surface area contributed by atoms with Crippen LogP contribution in [0.15, 0.2) is 261 Å². The van der Waals surface area contributed by atoms with E-state index in [4.69, 9.17) is 0 Å². The normalized spacial score (nSPS) is 12.3.